The standard InChI is InChI=1S/C20H14ClF3N2O3/c21-16-9-8-14(20(22,23)24)11-17(16)25-18(27)15-7-4-10-26(19(15)28)29-12-13-5-2-1-3-6-13/h1-11H,12H2,(H,25,27). The molecule has 0 fully saturated rings. The van der Waals surface area contributed by atoms with Gasteiger partial charge in [-0.1, -0.05) is 41.9 Å². The zero-order valence-electron chi connectivity index (χ0n) is 14.7. The van der Waals surface area contributed by atoms with Crippen LogP contribution in [0.2, 0.25) is 5.02 Å². The molecule has 0 aliphatic carbocycles. The van der Waals surface area contributed by atoms with E-state index in [-0.39, 0.29) is 22.9 Å². The fourth-order valence-corrected chi connectivity index (χ4v) is 2.62. The molecule has 3 rings (SSSR count). The van der Waals surface area contributed by atoms with Crippen LogP contribution in [0.5, 0.6) is 0 Å². The van der Waals surface area contributed by atoms with Gasteiger partial charge in [-0.2, -0.15) is 17.9 Å². The molecule has 2 aromatic carbocycles. The van der Waals surface area contributed by atoms with Gasteiger partial charge in [0, 0.05) is 6.20 Å². The Balaban J connectivity index is 1.81. The molecule has 1 N–H and O–H groups in total. The minimum Gasteiger partial charge on any atom is -0.406 e. The van der Waals surface area contributed by atoms with E-state index in [4.69, 9.17) is 16.4 Å². The Bertz CT molecular complexity index is 1080. The van der Waals surface area contributed by atoms with Crippen LogP contribution >= 0.6 is 11.6 Å². The van der Waals surface area contributed by atoms with Gasteiger partial charge in [0.2, 0.25) is 0 Å². The Morgan fingerprint density at radius 1 is 1.07 bits per heavy atom. The molecule has 0 unspecified atom stereocenters. The van der Waals surface area contributed by atoms with Crippen molar-refractivity contribution in [1.82, 2.24) is 4.73 Å². The summed E-state index contributed by atoms with van der Waals surface area (Å²) in [7, 11) is 0. The van der Waals surface area contributed by atoms with Gasteiger partial charge in [0.1, 0.15) is 12.2 Å². The summed E-state index contributed by atoms with van der Waals surface area (Å²) in [6.07, 6.45) is -3.27. The summed E-state index contributed by atoms with van der Waals surface area (Å²) < 4.78 is 39.5. The molecule has 3 aromatic rings. The normalized spacial score (nSPS) is 11.2. The number of rotatable bonds is 5. The number of hydrogen-bond donors (Lipinski definition) is 1. The summed E-state index contributed by atoms with van der Waals surface area (Å²) >= 11 is 5.88. The van der Waals surface area contributed by atoms with E-state index in [1.165, 1.54) is 18.3 Å². The molecule has 150 valence electrons. The zero-order chi connectivity index (χ0) is 21.0. The first-order chi connectivity index (χ1) is 13.8. The van der Waals surface area contributed by atoms with Crippen molar-refractivity contribution >= 4 is 23.2 Å². The number of pyridine rings is 1. The monoisotopic (exact) mass is 422 g/mol. The van der Waals surface area contributed by atoms with Crippen molar-refractivity contribution in [3.8, 4) is 0 Å². The highest BCUT2D eigenvalue weighted by Gasteiger charge is 2.31. The van der Waals surface area contributed by atoms with Crippen molar-refractivity contribution < 1.29 is 22.8 Å². The number of nitrogens with zero attached hydrogens (tertiary/aromatic N) is 1. The predicted molar refractivity (Wildman–Crippen MR) is 102 cm³/mol. The van der Waals surface area contributed by atoms with Crippen LogP contribution in [-0.2, 0) is 12.8 Å². The van der Waals surface area contributed by atoms with Gasteiger partial charge in [0.25, 0.3) is 11.5 Å². The Labute approximate surface area is 168 Å². The SMILES string of the molecule is O=C(Nc1cc(C(F)(F)F)ccc1Cl)c1cccn(OCc2ccccc2)c1=O. The fraction of sp³-hybridized carbons (Fsp3) is 0.100. The molecule has 1 aromatic heterocycles. The summed E-state index contributed by atoms with van der Waals surface area (Å²) in [5.74, 6) is -0.908. The number of halogens is 4. The number of carbonyl (C=O) groups excluding carboxylic acids is 1. The van der Waals surface area contributed by atoms with Crippen LogP contribution in [0.3, 0.4) is 0 Å². The Morgan fingerprint density at radius 3 is 2.48 bits per heavy atom. The van der Waals surface area contributed by atoms with E-state index in [9.17, 15) is 22.8 Å². The highest BCUT2D eigenvalue weighted by atomic mass is 35.5. The van der Waals surface area contributed by atoms with Crippen LogP contribution in [0, 0.1) is 0 Å². The maximum absolute atomic E-state index is 12.9. The molecule has 1 heterocycles. The summed E-state index contributed by atoms with van der Waals surface area (Å²) in [5, 5.41) is 2.15. The van der Waals surface area contributed by atoms with Gasteiger partial charge in [0.15, 0.2) is 0 Å². The van der Waals surface area contributed by atoms with Crippen molar-refractivity contribution in [1.29, 1.82) is 0 Å². The number of nitrogens with one attached hydrogen (secondary N) is 1. The molecule has 5 nitrogen and oxygen atoms in total. The second-order valence-electron chi connectivity index (χ2n) is 5.96. The number of alkyl halides is 3. The maximum atomic E-state index is 12.9. The van der Waals surface area contributed by atoms with Crippen LogP contribution in [0.15, 0.2) is 71.7 Å². The lowest BCUT2D eigenvalue weighted by molar-refractivity contribution is -0.137. The van der Waals surface area contributed by atoms with Gasteiger partial charge in [-0.25, -0.2) is 0 Å². The smallest absolute Gasteiger partial charge is 0.406 e. The third kappa shape index (κ3) is 4.97. The quantitative estimate of drug-likeness (QED) is 0.663. The van der Waals surface area contributed by atoms with Gasteiger partial charge in [-0.15, -0.1) is 0 Å². The lowest BCUT2D eigenvalue weighted by atomic mass is 10.2. The lowest BCUT2D eigenvalue weighted by Crippen LogP contribution is -2.32. The average molecular weight is 423 g/mol. The Kier molecular flexibility index (Phi) is 5.93. The van der Waals surface area contributed by atoms with E-state index in [0.29, 0.717) is 6.07 Å². The first-order valence-electron chi connectivity index (χ1n) is 8.32. The molecule has 0 saturated carbocycles. The summed E-state index contributed by atoms with van der Waals surface area (Å²) in [6, 6.07) is 14.2. The molecular weight excluding hydrogens is 409 g/mol. The van der Waals surface area contributed by atoms with Gasteiger partial charge < -0.3 is 10.2 Å². The highest BCUT2D eigenvalue weighted by molar-refractivity contribution is 6.34. The molecular formula is C20H14ClF3N2O3. The molecule has 0 aliphatic rings. The molecule has 9 heteroatoms. The van der Waals surface area contributed by atoms with E-state index in [1.54, 1.807) is 12.1 Å². The fourth-order valence-electron chi connectivity index (χ4n) is 2.45. The number of benzene rings is 2. The highest BCUT2D eigenvalue weighted by Crippen LogP contribution is 2.33. The van der Waals surface area contributed by atoms with E-state index >= 15 is 0 Å². The molecule has 0 spiro atoms. The van der Waals surface area contributed by atoms with Crippen LogP contribution < -0.4 is 15.7 Å². The molecule has 0 saturated heterocycles. The summed E-state index contributed by atoms with van der Waals surface area (Å²) in [5.41, 5.74) is -1.50. The topological polar surface area (TPSA) is 60.3 Å². The van der Waals surface area contributed by atoms with Crippen molar-refractivity contribution in [2.45, 2.75) is 12.8 Å². The van der Waals surface area contributed by atoms with Gasteiger partial charge in [0.05, 0.1) is 16.3 Å². The van der Waals surface area contributed by atoms with E-state index < -0.39 is 23.2 Å². The van der Waals surface area contributed by atoms with Crippen LogP contribution in [-0.4, -0.2) is 10.6 Å². The number of anilines is 1. The van der Waals surface area contributed by atoms with Gasteiger partial charge >= 0.3 is 6.18 Å². The van der Waals surface area contributed by atoms with Crippen molar-refractivity contribution in [2.75, 3.05) is 5.32 Å². The first-order valence-corrected chi connectivity index (χ1v) is 8.70. The second-order valence-corrected chi connectivity index (χ2v) is 6.37. The largest absolute Gasteiger partial charge is 0.416 e. The molecule has 29 heavy (non-hydrogen) atoms. The second kappa shape index (κ2) is 8.40. The third-order valence-corrected chi connectivity index (χ3v) is 4.24. The van der Waals surface area contributed by atoms with Crippen LogP contribution in [0.25, 0.3) is 0 Å². The molecule has 0 radical (unpaired) electrons. The van der Waals surface area contributed by atoms with Crippen molar-refractivity contribution in [3.63, 3.8) is 0 Å². The predicted octanol–water partition coefficient (Wildman–Crippen LogP) is 4.40. The van der Waals surface area contributed by atoms with E-state index in [1.807, 2.05) is 18.2 Å². The first kappa shape index (κ1) is 20.5. The number of amides is 1. The lowest BCUT2D eigenvalue weighted by Gasteiger charge is -2.12. The summed E-state index contributed by atoms with van der Waals surface area (Å²) in [6.45, 7) is 0.0886. The van der Waals surface area contributed by atoms with Crippen LogP contribution in [0.4, 0.5) is 18.9 Å². The van der Waals surface area contributed by atoms with E-state index in [0.717, 1.165) is 22.4 Å². The minimum absolute atomic E-state index is 0.0886. The van der Waals surface area contributed by atoms with Crippen LogP contribution in [0.1, 0.15) is 21.5 Å². The number of carbonyl (C=O) groups is 1. The van der Waals surface area contributed by atoms with Gasteiger partial charge in [-0.3, -0.25) is 9.59 Å². The number of hydrogen-bond acceptors (Lipinski definition) is 3. The number of aromatic nitrogens is 1. The summed E-state index contributed by atoms with van der Waals surface area (Å²) in [4.78, 5) is 30.4. The molecule has 0 aliphatic heterocycles. The molecule has 0 bridgehead atoms. The van der Waals surface area contributed by atoms with Gasteiger partial charge in [-0.05, 0) is 35.9 Å². The average Bonchev–Trinajstić information content (AvgIpc) is 2.68. The zero-order valence-corrected chi connectivity index (χ0v) is 15.5. The molecule has 0 atom stereocenters. The Morgan fingerprint density at radius 2 is 1.79 bits per heavy atom. The maximum Gasteiger partial charge on any atom is 0.416 e. The molecule has 1 amide bonds. The van der Waals surface area contributed by atoms with E-state index in [2.05, 4.69) is 5.32 Å². The third-order valence-electron chi connectivity index (χ3n) is 3.91. The Hall–Kier alpha value is -3.26. The minimum atomic E-state index is -4.60. The van der Waals surface area contributed by atoms with Crippen molar-refractivity contribution in [2.24, 2.45) is 0 Å². The van der Waals surface area contributed by atoms with Crippen molar-refractivity contribution in [3.05, 3.63) is 98.9 Å².